The van der Waals surface area contributed by atoms with Gasteiger partial charge in [0.2, 0.25) is 0 Å². The van der Waals surface area contributed by atoms with Crippen LogP contribution in [0, 0.1) is 20.8 Å². The molecule has 6 nitrogen and oxygen atoms in total. The van der Waals surface area contributed by atoms with Crippen LogP contribution >= 0.6 is 0 Å². The summed E-state index contributed by atoms with van der Waals surface area (Å²) in [5.41, 5.74) is 6.31. The molecule has 0 atom stereocenters. The largest absolute Gasteiger partial charge is 0.213 e. The van der Waals surface area contributed by atoms with E-state index in [1.165, 1.54) is 16.7 Å². The molecule has 3 heterocycles. The fraction of sp³-hybridized carbons (Fsp3) is 0.200. The van der Waals surface area contributed by atoms with E-state index >= 15 is 0 Å². The van der Waals surface area contributed by atoms with Crippen molar-refractivity contribution >= 4 is 11.3 Å². The van der Waals surface area contributed by atoms with E-state index in [4.69, 9.17) is 0 Å². The SMILES string of the molecule is Cc1cc(C)c(-c2nnc3ccc4nncn4n23)cc1C. The molecule has 0 saturated carbocycles. The van der Waals surface area contributed by atoms with E-state index in [1.54, 1.807) is 6.33 Å². The van der Waals surface area contributed by atoms with Gasteiger partial charge in [0.25, 0.3) is 0 Å². The van der Waals surface area contributed by atoms with Crippen molar-refractivity contribution in [3.05, 3.63) is 47.3 Å². The Balaban J connectivity index is 2.11. The molecule has 0 aliphatic heterocycles. The van der Waals surface area contributed by atoms with Crippen LogP contribution in [-0.4, -0.2) is 29.4 Å². The molecule has 0 aliphatic rings. The predicted octanol–water partition coefficient (Wildman–Crippen LogP) is 2.36. The van der Waals surface area contributed by atoms with Gasteiger partial charge in [0.1, 0.15) is 6.33 Å². The molecular formula is C15H14N6. The highest BCUT2D eigenvalue weighted by atomic mass is 15.5. The quantitative estimate of drug-likeness (QED) is 0.536. The van der Waals surface area contributed by atoms with Crippen LogP contribution in [0.2, 0.25) is 0 Å². The maximum absolute atomic E-state index is 4.36. The minimum absolute atomic E-state index is 0.769. The van der Waals surface area contributed by atoms with E-state index in [2.05, 4.69) is 53.3 Å². The maximum atomic E-state index is 4.36. The minimum atomic E-state index is 0.769. The highest BCUT2D eigenvalue weighted by Crippen LogP contribution is 2.25. The highest BCUT2D eigenvalue weighted by molar-refractivity contribution is 5.65. The van der Waals surface area contributed by atoms with E-state index in [0.717, 1.165) is 22.7 Å². The number of aromatic nitrogens is 6. The Morgan fingerprint density at radius 3 is 2.43 bits per heavy atom. The first-order chi connectivity index (χ1) is 10.1. The summed E-state index contributed by atoms with van der Waals surface area (Å²) in [6.07, 6.45) is 1.67. The Hall–Kier alpha value is -2.76. The van der Waals surface area contributed by atoms with Crippen LogP contribution in [0.1, 0.15) is 16.7 Å². The van der Waals surface area contributed by atoms with Gasteiger partial charge < -0.3 is 0 Å². The molecule has 0 radical (unpaired) electrons. The number of nitrogens with zero attached hydrogens (tertiary/aromatic N) is 6. The van der Waals surface area contributed by atoms with Crippen molar-refractivity contribution in [3.8, 4) is 11.4 Å². The summed E-state index contributed by atoms with van der Waals surface area (Å²) in [6.45, 7) is 6.32. The van der Waals surface area contributed by atoms with Crippen molar-refractivity contribution < 1.29 is 0 Å². The lowest BCUT2D eigenvalue weighted by Crippen LogP contribution is -2.02. The fourth-order valence-electron chi connectivity index (χ4n) is 2.63. The third-order valence-corrected chi connectivity index (χ3v) is 3.90. The van der Waals surface area contributed by atoms with Crippen molar-refractivity contribution in [1.82, 2.24) is 29.4 Å². The van der Waals surface area contributed by atoms with Crippen LogP contribution in [0.15, 0.2) is 30.6 Å². The smallest absolute Gasteiger partial charge is 0.184 e. The zero-order valence-electron chi connectivity index (χ0n) is 12.1. The van der Waals surface area contributed by atoms with Gasteiger partial charge in [-0.1, -0.05) is 6.07 Å². The average molecular weight is 278 g/mol. The molecule has 0 saturated heterocycles. The molecular weight excluding hydrogens is 264 g/mol. The summed E-state index contributed by atoms with van der Waals surface area (Å²) in [4.78, 5) is 0. The van der Waals surface area contributed by atoms with E-state index in [-0.39, 0.29) is 0 Å². The second-order valence-corrected chi connectivity index (χ2v) is 5.31. The second-order valence-electron chi connectivity index (χ2n) is 5.31. The Kier molecular flexibility index (Phi) is 2.35. The summed E-state index contributed by atoms with van der Waals surface area (Å²) >= 11 is 0. The number of rotatable bonds is 1. The first-order valence-electron chi connectivity index (χ1n) is 6.77. The van der Waals surface area contributed by atoms with E-state index in [0.29, 0.717) is 0 Å². The lowest BCUT2D eigenvalue weighted by atomic mass is 10.0. The Morgan fingerprint density at radius 1 is 0.810 bits per heavy atom. The van der Waals surface area contributed by atoms with Gasteiger partial charge >= 0.3 is 0 Å². The third kappa shape index (κ3) is 1.65. The van der Waals surface area contributed by atoms with Crippen molar-refractivity contribution in [2.75, 3.05) is 0 Å². The Bertz CT molecular complexity index is 979. The van der Waals surface area contributed by atoms with Gasteiger partial charge in [0.15, 0.2) is 17.1 Å². The van der Waals surface area contributed by atoms with Gasteiger partial charge in [-0.2, -0.15) is 0 Å². The molecule has 1 aromatic carbocycles. The van der Waals surface area contributed by atoms with Gasteiger partial charge in [0.05, 0.1) is 0 Å². The Morgan fingerprint density at radius 2 is 1.57 bits per heavy atom. The van der Waals surface area contributed by atoms with Crippen molar-refractivity contribution in [2.24, 2.45) is 0 Å². The number of benzene rings is 1. The van der Waals surface area contributed by atoms with Gasteiger partial charge in [0, 0.05) is 5.56 Å². The zero-order valence-corrected chi connectivity index (χ0v) is 12.1. The molecule has 0 fully saturated rings. The molecule has 0 unspecified atom stereocenters. The van der Waals surface area contributed by atoms with Crippen LogP contribution < -0.4 is 0 Å². The van der Waals surface area contributed by atoms with Gasteiger partial charge in [-0.3, -0.25) is 0 Å². The van der Waals surface area contributed by atoms with E-state index in [9.17, 15) is 0 Å². The zero-order chi connectivity index (χ0) is 14.6. The molecule has 4 aromatic rings. The molecule has 104 valence electrons. The summed E-state index contributed by atoms with van der Waals surface area (Å²) < 4.78 is 3.80. The van der Waals surface area contributed by atoms with Crippen LogP contribution in [0.5, 0.6) is 0 Å². The fourth-order valence-corrected chi connectivity index (χ4v) is 2.63. The number of hydrogen-bond donors (Lipinski definition) is 0. The maximum Gasteiger partial charge on any atom is 0.184 e. The van der Waals surface area contributed by atoms with Gasteiger partial charge in [-0.05, 0) is 55.7 Å². The molecule has 21 heavy (non-hydrogen) atoms. The summed E-state index contributed by atoms with van der Waals surface area (Å²) in [6, 6.07) is 8.12. The number of aryl methyl sites for hydroxylation is 3. The highest BCUT2D eigenvalue weighted by Gasteiger charge is 2.14. The molecule has 4 rings (SSSR count). The first kappa shape index (κ1) is 12.0. The minimum Gasteiger partial charge on any atom is -0.213 e. The standard InChI is InChI=1S/C15H14N6/c1-9-6-11(3)12(7-10(9)2)15-19-18-14-5-4-13-17-16-8-20(13)21(14)15/h4-8H,1-3H3. The molecule has 0 amide bonds. The van der Waals surface area contributed by atoms with Crippen LogP contribution in [0.25, 0.3) is 22.7 Å². The van der Waals surface area contributed by atoms with Crippen LogP contribution in [-0.2, 0) is 0 Å². The second kappa shape index (κ2) is 4.12. The summed E-state index contributed by atoms with van der Waals surface area (Å²) in [5.74, 6) is 0.802. The monoisotopic (exact) mass is 278 g/mol. The van der Waals surface area contributed by atoms with E-state index in [1.807, 2.05) is 21.2 Å². The number of fused-ring (bicyclic) bond motifs is 3. The normalized spacial score (nSPS) is 11.6. The predicted molar refractivity (Wildman–Crippen MR) is 79.2 cm³/mol. The van der Waals surface area contributed by atoms with Crippen molar-refractivity contribution in [1.29, 1.82) is 0 Å². The number of hydrogen-bond acceptors (Lipinski definition) is 4. The van der Waals surface area contributed by atoms with Crippen LogP contribution in [0.3, 0.4) is 0 Å². The summed E-state index contributed by atoms with van der Waals surface area (Å²) in [5, 5.41) is 16.6. The summed E-state index contributed by atoms with van der Waals surface area (Å²) in [7, 11) is 0. The third-order valence-electron chi connectivity index (χ3n) is 3.90. The molecule has 0 bridgehead atoms. The lowest BCUT2D eigenvalue weighted by Gasteiger charge is -2.09. The topological polar surface area (TPSA) is 60.4 Å². The van der Waals surface area contributed by atoms with Crippen LogP contribution in [0.4, 0.5) is 0 Å². The molecule has 6 heteroatoms. The molecule has 0 N–H and O–H groups in total. The van der Waals surface area contributed by atoms with Crippen molar-refractivity contribution in [2.45, 2.75) is 20.8 Å². The van der Waals surface area contributed by atoms with Gasteiger partial charge in [-0.15, -0.1) is 20.4 Å². The molecule has 0 spiro atoms. The first-order valence-corrected chi connectivity index (χ1v) is 6.77. The molecule has 0 aliphatic carbocycles. The van der Waals surface area contributed by atoms with Gasteiger partial charge in [-0.25, -0.2) is 9.03 Å². The average Bonchev–Trinajstić information content (AvgIpc) is 3.08. The molecule has 3 aromatic heterocycles. The Labute approximate surface area is 121 Å². The van der Waals surface area contributed by atoms with E-state index < -0.39 is 0 Å². The van der Waals surface area contributed by atoms with Crippen molar-refractivity contribution in [3.63, 3.8) is 0 Å². The lowest BCUT2D eigenvalue weighted by molar-refractivity contribution is 0.849.